The maximum atomic E-state index is 13.3. The van der Waals surface area contributed by atoms with Crippen molar-refractivity contribution in [3.8, 4) is 11.1 Å². The number of aromatic amines is 1. The van der Waals surface area contributed by atoms with Gasteiger partial charge in [0.1, 0.15) is 11.5 Å². The first-order chi connectivity index (χ1) is 20.3. The fourth-order valence-corrected chi connectivity index (χ4v) is 4.99. The molecule has 0 bridgehead atoms. The summed E-state index contributed by atoms with van der Waals surface area (Å²) in [6, 6.07) is 19.7. The van der Waals surface area contributed by atoms with Gasteiger partial charge in [-0.25, -0.2) is 9.37 Å². The summed E-state index contributed by atoms with van der Waals surface area (Å²) in [5.41, 5.74) is 11.3. The minimum absolute atomic E-state index is 0.175. The van der Waals surface area contributed by atoms with Gasteiger partial charge >= 0.3 is 0 Å². The Hall–Kier alpha value is -5.90. The van der Waals surface area contributed by atoms with Crippen LogP contribution >= 0.6 is 0 Å². The fraction of sp³-hybridized carbons (Fsp3) is 0.0312. The fourth-order valence-electron chi connectivity index (χ4n) is 4.99. The van der Waals surface area contributed by atoms with Crippen molar-refractivity contribution >= 4 is 50.9 Å². The zero-order valence-electron chi connectivity index (χ0n) is 22.2. The normalized spacial score (nSPS) is 11.0. The summed E-state index contributed by atoms with van der Waals surface area (Å²) in [4.78, 5) is 49.1. The Balaban J connectivity index is 1.43. The number of fused-ring (bicyclic) bond motifs is 3. The second-order valence-electron chi connectivity index (χ2n) is 9.64. The minimum atomic E-state index is -0.591. The average Bonchev–Trinajstić information content (AvgIpc) is 3.37. The third-order valence-electron chi connectivity index (χ3n) is 7.05. The Labute approximate surface area is 238 Å². The van der Waals surface area contributed by atoms with Crippen LogP contribution in [0.2, 0.25) is 0 Å². The van der Waals surface area contributed by atoms with Crippen molar-refractivity contribution in [1.82, 2.24) is 15.0 Å². The number of aromatic nitrogens is 3. The van der Waals surface area contributed by atoms with Gasteiger partial charge in [-0.1, -0.05) is 24.3 Å². The highest BCUT2D eigenvalue weighted by Gasteiger charge is 2.19. The standard InChI is InChI=1S/C32H23FN6O3/c1-17-21(3-2-4-25(17)39-31(41)18-5-7-19(33)8-6-18)22-11-12-24(30(34)40)29-28(22)23-10-9-20(15-26(23)38-29)37-32(42)27-16-35-13-14-36-27/h2-16,38H,1H3,(H2,34,40)(H,37,42)(H,39,41). The van der Waals surface area contributed by atoms with E-state index in [9.17, 15) is 18.8 Å². The third-order valence-corrected chi connectivity index (χ3v) is 7.05. The lowest BCUT2D eigenvalue weighted by molar-refractivity contribution is 0.0997. The number of rotatable bonds is 6. The summed E-state index contributed by atoms with van der Waals surface area (Å²) < 4.78 is 13.3. The second-order valence-corrected chi connectivity index (χ2v) is 9.64. The van der Waals surface area contributed by atoms with E-state index in [4.69, 9.17) is 5.73 Å². The number of nitrogens with one attached hydrogen (secondary N) is 3. The number of anilines is 2. The monoisotopic (exact) mass is 558 g/mol. The van der Waals surface area contributed by atoms with E-state index in [-0.39, 0.29) is 11.6 Å². The van der Waals surface area contributed by atoms with Crippen molar-refractivity contribution in [3.05, 3.63) is 120 Å². The van der Waals surface area contributed by atoms with Crippen molar-refractivity contribution < 1.29 is 18.8 Å². The molecule has 0 saturated heterocycles. The van der Waals surface area contributed by atoms with Crippen molar-refractivity contribution in [2.45, 2.75) is 6.92 Å². The zero-order valence-corrected chi connectivity index (χ0v) is 22.2. The highest BCUT2D eigenvalue weighted by atomic mass is 19.1. The van der Waals surface area contributed by atoms with Crippen LogP contribution in [0.25, 0.3) is 32.9 Å². The molecule has 206 valence electrons. The van der Waals surface area contributed by atoms with Crippen molar-refractivity contribution in [1.29, 1.82) is 0 Å². The van der Waals surface area contributed by atoms with Gasteiger partial charge in [0.05, 0.1) is 17.3 Å². The lowest BCUT2D eigenvalue weighted by Gasteiger charge is -2.15. The molecule has 0 spiro atoms. The molecule has 3 amide bonds. The van der Waals surface area contributed by atoms with Gasteiger partial charge < -0.3 is 21.4 Å². The maximum Gasteiger partial charge on any atom is 0.275 e. The number of nitrogens with two attached hydrogens (primary N) is 1. The molecule has 10 heteroatoms. The molecule has 0 fully saturated rings. The first-order valence-corrected chi connectivity index (χ1v) is 12.9. The highest BCUT2D eigenvalue weighted by Crippen LogP contribution is 2.39. The van der Waals surface area contributed by atoms with Crippen LogP contribution < -0.4 is 16.4 Å². The van der Waals surface area contributed by atoms with Gasteiger partial charge in [-0.15, -0.1) is 0 Å². The van der Waals surface area contributed by atoms with E-state index in [0.29, 0.717) is 33.5 Å². The van der Waals surface area contributed by atoms with Crippen LogP contribution in [-0.4, -0.2) is 32.7 Å². The summed E-state index contributed by atoms with van der Waals surface area (Å²) >= 11 is 0. The van der Waals surface area contributed by atoms with Gasteiger partial charge in [0.15, 0.2) is 0 Å². The summed E-state index contributed by atoms with van der Waals surface area (Å²) in [6.45, 7) is 1.89. The van der Waals surface area contributed by atoms with E-state index in [1.54, 1.807) is 24.3 Å². The maximum absolute atomic E-state index is 13.3. The molecular formula is C32H23FN6O3. The SMILES string of the molecule is Cc1c(NC(=O)c2ccc(F)cc2)cccc1-c1ccc(C(N)=O)c2[nH]c3cc(NC(=O)c4cnccn4)ccc3c12. The van der Waals surface area contributed by atoms with E-state index < -0.39 is 17.6 Å². The molecule has 0 atom stereocenters. The van der Waals surface area contributed by atoms with Gasteiger partial charge in [-0.05, 0) is 72.1 Å². The van der Waals surface area contributed by atoms with Crippen LogP contribution in [0.3, 0.4) is 0 Å². The molecule has 0 aliphatic carbocycles. The van der Waals surface area contributed by atoms with Crippen LogP contribution in [0.4, 0.5) is 15.8 Å². The Morgan fingerprint density at radius 2 is 1.69 bits per heavy atom. The number of H-pyrrole nitrogens is 1. The number of halogens is 1. The zero-order chi connectivity index (χ0) is 29.4. The molecule has 6 rings (SSSR count). The molecular weight excluding hydrogens is 535 g/mol. The van der Waals surface area contributed by atoms with Gasteiger partial charge in [-0.3, -0.25) is 19.4 Å². The number of hydrogen-bond acceptors (Lipinski definition) is 5. The molecule has 6 aromatic rings. The number of amides is 3. The first-order valence-electron chi connectivity index (χ1n) is 12.9. The third kappa shape index (κ3) is 4.81. The predicted octanol–water partition coefficient (Wildman–Crippen LogP) is 5.83. The number of carbonyl (C=O) groups excluding carboxylic acids is 3. The molecule has 2 aromatic heterocycles. The van der Waals surface area contributed by atoms with Gasteiger partial charge in [0, 0.05) is 45.6 Å². The average molecular weight is 559 g/mol. The van der Waals surface area contributed by atoms with E-state index in [2.05, 4.69) is 25.6 Å². The Morgan fingerprint density at radius 3 is 2.43 bits per heavy atom. The molecule has 42 heavy (non-hydrogen) atoms. The van der Waals surface area contributed by atoms with E-state index >= 15 is 0 Å². The second kappa shape index (κ2) is 10.6. The lowest BCUT2D eigenvalue weighted by Crippen LogP contribution is -2.13. The predicted molar refractivity (Wildman–Crippen MR) is 159 cm³/mol. The minimum Gasteiger partial charge on any atom is -0.366 e. The van der Waals surface area contributed by atoms with Crippen LogP contribution in [0.15, 0.2) is 91.4 Å². The van der Waals surface area contributed by atoms with Crippen LogP contribution in [-0.2, 0) is 0 Å². The number of carbonyl (C=O) groups is 3. The van der Waals surface area contributed by atoms with Gasteiger partial charge in [-0.2, -0.15) is 0 Å². The molecule has 0 aliphatic rings. The lowest BCUT2D eigenvalue weighted by atomic mass is 9.93. The van der Waals surface area contributed by atoms with Crippen molar-refractivity contribution in [2.24, 2.45) is 5.73 Å². The van der Waals surface area contributed by atoms with Crippen molar-refractivity contribution in [2.75, 3.05) is 10.6 Å². The summed E-state index contributed by atoms with van der Waals surface area (Å²) in [6.07, 6.45) is 4.30. The number of nitrogens with zero attached hydrogens (tertiary/aromatic N) is 2. The van der Waals surface area contributed by atoms with Crippen molar-refractivity contribution in [3.63, 3.8) is 0 Å². The molecule has 5 N–H and O–H groups in total. The van der Waals surface area contributed by atoms with E-state index in [1.807, 2.05) is 31.2 Å². The summed E-state index contributed by atoms with van der Waals surface area (Å²) in [5.74, 6) is -1.79. The van der Waals surface area contributed by atoms with Crippen LogP contribution in [0.5, 0.6) is 0 Å². The Bertz CT molecular complexity index is 2020. The first kappa shape index (κ1) is 26.3. The Kier molecular flexibility index (Phi) is 6.63. The van der Waals surface area contributed by atoms with Gasteiger partial charge in [0.25, 0.3) is 17.7 Å². The highest BCUT2D eigenvalue weighted by molar-refractivity contribution is 6.20. The summed E-state index contributed by atoms with van der Waals surface area (Å²) in [5, 5.41) is 7.29. The molecule has 0 saturated carbocycles. The molecule has 4 aromatic carbocycles. The Morgan fingerprint density at radius 1 is 0.881 bits per heavy atom. The largest absolute Gasteiger partial charge is 0.366 e. The number of hydrogen-bond donors (Lipinski definition) is 4. The van der Waals surface area contributed by atoms with Crippen LogP contribution in [0.1, 0.15) is 36.8 Å². The smallest absolute Gasteiger partial charge is 0.275 e. The quantitative estimate of drug-likeness (QED) is 0.203. The van der Waals surface area contributed by atoms with E-state index in [0.717, 1.165) is 27.5 Å². The number of primary amides is 1. The molecule has 0 aliphatic heterocycles. The van der Waals surface area contributed by atoms with Gasteiger partial charge in [0.2, 0.25) is 0 Å². The topological polar surface area (TPSA) is 143 Å². The number of benzene rings is 4. The summed E-state index contributed by atoms with van der Waals surface area (Å²) in [7, 11) is 0. The molecule has 0 unspecified atom stereocenters. The van der Waals surface area contributed by atoms with E-state index in [1.165, 1.54) is 42.9 Å². The molecule has 0 radical (unpaired) electrons. The molecule has 9 nitrogen and oxygen atoms in total. The molecule has 2 heterocycles. The van der Waals surface area contributed by atoms with Crippen LogP contribution in [0, 0.1) is 12.7 Å².